The van der Waals surface area contributed by atoms with E-state index in [0.29, 0.717) is 47.8 Å². The van der Waals surface area contributed by atoms with E-state index >= 15 is 0 Å². The molecule has 206 valence electrons. The summed E-state index contributed by atoms with van der Waals surface area (Å²) in [5.74, 6) is 2.99. The summed E-state index contributed by atoms with van der Waals surface area (Å²) in [6, 6.07) is 3.63. The van der Waals surface area contributed by atoms with Gasteiger partial charge in [-0.05, 0) is 26.3 Å². The average molecular weight is 544 g/mol. The van der Waals surface area contributed by atoms with Crippen molar-refractivity contribution < 1.29 is 13.7 Å². The van der Waals surface area contributed by atoms with E-state index in [4.69, 9.17) is 14.9 Å². The number of nitrogens with zero attached hydrogens (tertiary/aromatic N) is 5. The summed E-state index contributed by atoms with van der Waals surface area (Å²) in [7, 11) is 2.75. The van der Waals surface area contributed by atoms with Crippen LogP contribution in [0.3, 0.4) is 0 Å². The Kier molecular flexibility index (Phi) is 12.8. The molecule has 3 aromatic rings. The van der Waals surface area contributed by atoms with Crippen molar-refractivity contribution in [1.82, 2.24) is 24.7 Å². The molecule has 11 heteroatoms. The molecule has 4 rings (SSSR count). The topological polar surface area (TPSA) is 111 Å². The number of aryl methyl sites for hydroxylation is 1. The highest BCUT2D eigenvalue weighted by Gasteiger charge is 2.20. The first-order valence-corrected chi connectivity index (χ1v) is 13.2. The number of ether oxygens (including phenoxy) is 2. The van der Waals surface area contributed by atoms with Gasteiger partial charge in [0.25, 0.3) is 0 Å². The molecule has 0 saturated heterocycles. The highest BCUT2D eigenvalue weighted by molar-refractivity contribution is 7.09. The first-order valence-electron chi connectivity index (χ1n) is 12.8. The van der Waals surface area contributed by atoms with Crippen LogP contribution in [0.5, 0.6) is 11.6 Å². The summed E-state index contributed by atoms with van der Waals surface area (Å²) in [6.45, 7) is 10.6. The Morgan fingerprint density at radius 1 is 1.21 bits per heavy atom. The van der Waals surface area contributed by atoms with E-state index in [1.807, 2.05) is 26.1 Å². The second-order valence-corrected chi connectivity index (χ2v) is 8.56. The summed E-state index contributed by atoms with van der Waals surface area (Å²) in [5, 5.41) is 15.7. The molecule has 38 heavy (non-hydrogen) atoms. The minimum Gasteiger partial charge on any atom is -0.489 e. The number of rotatable bonds is 4. The fourth-order valence-electron chi connectivity index (χ4n) is 3.63. The molecule has 9 nitrogen and oxygen atoms in total. The van der Waals surface area contributed by atoms with Gasteiger partial charge in [0.1, 0.15) is 29.1 Å². The number of anilines is 2. The zero-order valence-corrected chi connectivity index (χ0v) is 24.2. The molecule has 1 aliphatic rings. The SMILES string of the molecule is C/C=C(\C(C)=N)c1cnc2cc1OC(CC)CCOc1c(cnn1C)-c1nccc(n1)N2.CCCC.FP. The molecule has 4 bridgehead atoms. The van der Waals surface area contributed by atoms with Crippen LogP contribution in [0.1, 0.15) is 65.9 Å². The highest BCUT2D eigenvalue weighted by atomic mass is 31.1. The van der Waals surface area contributed by atoms with Crippen molar-refractivity contribution in [2.75, 3.05) is 11.9 Å². The van der Waals surface area contributed by atoms with Crippen molar-refractivity contribution in [3.8, 4) is 23.0 Å². The lowest BCUT2D eigenvalue weighted by molar-refractivity contribution is 0.154. The summed E-state index contributed by atoms with van der Waals surface area (Å²) in [6.07, 6.45) is 11.1. The van der Waals surface area contributed by atoms with Crippen LogP contribution in [-0.2, 0) is 7.05 Å². The molecule has 0 amide bonds. The van der Waals surface area contributed by atoms with Gasteiger partial charge in [-0.2, -0.15) is 5.10 Å². The molecule has 0 saturated carbocycles. The second kappa shape index (κ2) is 15.8. The first-order chi connectivity index (χ1) is 18.4. The zero-order chi connectivity index (χ0) is 28.1. The predicted octanol–water partition coefficient (Wildman–Crippen LogP) is 6.95. The van der Waals surface area contributed by atoms with Gasteiger partial charge >= 0.3 is 0 Å². The molecule has 0 radical (unpaired) electrons. The van der Waals surface area contributed by atoms with E-state index < -0.39 is 0 Å². The monoisotopic (exact) mass is 543 g/mol. The summed E-state index contributed by atoms with van der Waals surface area (Å²) in [5.41, 5.74) is 2.75. The van der Waals surface area contributed by atoms with Crippen LogP contribution in [0.4, 0.5) is 15.8 Å². The first kappa shape index (κ1) is 30.8. The lowest BCUT2D eigenvalue weighted by Crippen LogP contribution is -2.20. The molecule has 0 fully saturated rings. The molecule has 3 aromatic heterocycles. The van der Waals surface area contributed by atoms with Crippen LogP contribution < -0.4 is 14.8 Å². The van der Waals surface area contributed by atoms with Crippen molar-refractivity contribution >= 4 is 32.5 Å². The number of halogens is 1. The van der Waals surface area contributed by atoms with Crippen LogP contribution in [0, 0.1) is 5.41 Å². The number of unbranched alkanes of at least 4 members (excludes halogenated alkanes) is 1. The van der Waals surface area contributed by atoms with E-state index in [1.54, 1.807) is 36.3 Å². The number of hydrogen-bond acceptors (Lipinski definition) is 8. The minimum absolute atomic E-state index is 0.0677. The van der Waals surface area contributed by atoms with Gasteiger partial charge < -0.3 is 20.2 Å². The summed E-state index contributed by atoms with van der Waals surface area (Å²) >= 11 is 0. The molecule has 2 N–H and O–H groups in total. The standard InChI is InChI=1S/C23H27N7O2.C4H10.FH2P/c1-5-15-8-10-31-23-18(13-27-30(23)4)22-25-9-7-20(29-22)28-21-11-19(32-15)17(12-26-21)16(6-2)14(3)24;1-3-4-2;1-2/h6-7,9,11-13,15,24H,5,8,10H2,1-4H3,(H,25,26,28,29);3-4H2,1-2H3;2H2/b16-6+,24-14?;;. The zero-order valence-electron chi connectivity index (χ0n) is 23.1. The van der Waals surface area contributed by atoms with Gasteiger partial charge in [-0.1, -0.05) is 39.7 Å². The van der Waals surface area contributed by atoms with Crippen LogP contribution in [0.15, 0.2) is 36.8 Å². The Bertz CT molecular complexity index is 1210. The van der Waals surface area contributed by atoms with Crippen LogP contribution in [0.25, 0.3) is 17.0 Å². The van der Waals surface area contributed by atoms with Crippen molar-refractivity contribution in [3.05, 3.63) is 42.4 Å². The van der Waals surface area contributed by atoms with E-state index in [0.717, 1.165) is 32.7 Å². The van der Waals surface area contributed by atoms with Gasteiger partial charge in [0, 0.05) is 48.8 Å². The molecule has 0 aromatic carbocycles. The molecule has 2 atom stereocenters. The van der Waals surface area contributed by atoms with Crippen molar-refractivity contribution in [3.63, 3.8) is 0 Å². The Morgan fingerprint density at radius 2 is 1.95 bits per heavy atom. The third kappa shape index (κ3) is 8.05. The van der Waals surface area contributed by atoms with Crippen LogP contribution in [-0.4, -0.2) is 43.2 Å². The van der Waals surface area contributed by atoms with Gasteiger partial charge in [0.2, 0.25) is 5.88 Å². The Morgan fingerprint density at radius 3 is 2.58 bits per heavy atom. The Balaban J connectivity index is 0.000000773. The largest absolute Gasteiger partial charge is 0.489 e. The predicted molar refractivity (Wildman–Crippen MR) is 155 cm³/mol. The molecular formula is C27H39FN7O2P. The maximum Gasteiger partial charge on any atom is 0.222 e. The minimum atomic E-state index is -0.0677. The second-order valence-electron chi connectivity index (χ2n) is 8.56. The lowest BCUT2D eigenvalue weighted by Gasteiger charge is -2.22. The number of nitrogens with one attached hydrogen (secondary N) is 2. The summed E-state index contributed by atoms with van der Waals surface area (Å²) in [4.78, 5) is 13.6. The fraction of sp³-hybridized carbons (Fsp3) is 0.444. The highest BCUT2D eigenvalue weighted by Crippen LogP contribution is 2.32. The van der Waals surface area contributed by atoms with Crippen molar-refractivity contribution in [2.45, 2.75) is 66.4 Å². The lowest BCUT2D eigenvalue weighted by atomic mass is 10.0. The quantitative estimate of drug-likeness (QED) is 0.271. The summed E-state index contributed by atoms with van der Waals surface area (Å²) < 4.78 is 23.6. The van der Waals surface area contributed by atoms with E-state index in [9.17, 15) is 4.20 Å². The Hall–Kier alpha value is -3.39. The average Bonchev–Trinajstić information content (AvgIpc) is 3.30. The maximum absolute atomic E-state index is 9.42. The molecule has 1 aliphatic heterocycles. The smallest absolute Gasteiger partial charge is 0.222 e. The van der Waals surface area contributed by atoms with Crippen LogP contribution >= 0.6 is 9.55 Å². The third-order valence-electron chi connectivity index (χ3n) is 5.81. The van der Waals surface area contributed by atoms with E-state index in [-0.39, 0.29) is 6.10 Å². The van der Waals surface area contributed by atoms with Gasteiger partial charge in [0.05, 0.1) is 22.4 Å². The van der Waals surface area contributed by atoms with E-state index in [2.05, 4.69) is 46.1 Å². The van der Waals surface area contributed by atoms with Gasteiger partial charge in [-0.15, -0.1) is 0 Å². The molecular weight excluding hydrogens is 504 g/mol. The Labute approximate surface area is 227 Å². The van der Waals surface area contributed by atoms with Gasteiger partial charge in [-0.3, -0.25) is 0 Å². The number of pyridine rings is 1. The van der Waals surface area contributed by atoms with Crippen LogP contribution in [0.2, 0.25) is 0 Å². The molecule has 0 aliphatic carbocycles. The van der Waals surface area contributed by atoms with Gasteiger partial charge in [0.15, 0.2) is 5.82 Å². The maximum atomic E-state index is 9.42. The fourth-order valence-corrected chi connectivity index (χ4v) is 3.63. The number of hydrogen-bond donors (Lipinski definition) is 2. The number of allylic oxidation sites excluding steroid dienone is 2. The van der Waals surface area contributed by atoms with Gasteiger partial charge in [-0.25, -0.2) is 23.8 Å². The molecule has 0 spiro atoms. The normalized spacial score (nSPS) is 14.5. The molecule has 4 heterocycles. The number of fused-ring (bicyclic) bond motifs is 6. The molecule has 2 unspecified atom stereocenters. The van der Waals surface area contributed by atoms with Crippen molar-refractivity contribution in [2.24, 2.45) is 7.05 Å². The van der Waals surface area contributed by atoms with E-state index in [1.165, 1.54) is 12.8 Å². The third-order valence-corrected chi connectivity index (χ3v) is 5.81. The van der Waals surface area contributed by atoms with Crippen molar-refractivity contribution in [1.29, 1.82) is 5.41 Å². The number of aromatic nitrogens is 5.